The summed E-state index contributed by atoms with van der Waals surface area (Å²) in [5.74, 6) is -0.0733. The fourth-order valence-electron chi connectivity index (χ4n) is 2.80. The molecular weight excluding hydrogens is 374 g/mol. The maximum Gasteiger partial charge on any atom is 0.283 e. The first-order valence-electron chi connectivity index (χ1n) is 8.52. The van der Waals surface area contributed by atoms with Crippen LogP contribution >= 0.6 is 11.3 Å². The molecule has 140 valence electrons. The van der Waals surface area contributed by atoms with Crippen molar-refractivity contribution in [2.75, 3.05) is 19.0 Å². The van der Waals surface area contributed by atoms with Gasteiger partial charge in [0.1, 0.15) is 4.66 Å². The fourth-order valence-corrected chi connectivity index (χ4v) is 3.73. The van der Waals surface area contributed by atoms with Crippen LogP contribution < -0.4 is 25.8 Å². The smallest absolute Gasteiger partial charge is 0.283 e. The lowest BCUT2D eigenvalue weighted by Crippen LogP contribution is -2.47. The average Bonchev–Trinajstić information content (AvgIpc) is 3.10. The van der Waals surface area contributed by atoms with Crippen molar-refractivity contribution in [2.45, 2.75) is 0 Å². The van der Waals surface area contributed by atoms with E-state index in [0.29, 0.717) is 9.79 Å². The van der Waals surface area contributed by atoms with E-state index in [4.69, 9.17) is 5.41 Å². The van der Waals surface area contributed by atoms with E-state index < -0.39 is 5.56 Å². The summed E-state index contributed by atoms with van der Waals surface area (Å²) in [6.45, 7) is 0. The Hall–Kier alpha value is -3.52. The van der Waals surface area contributed by atoms with Gasteiger partial charge in [0, 0.05) is 25.4 Å². The van der Waals surface area contributed by atoms with Crippen molar-refractivity contribution in [3.8, 4) is 5.13 Å². The molecule has 0 spiro atoms. The van der Waals surface area contributed by atoms with Crippen LogP contribution in [0.4, 0.5) is 5.69 Å². The Morgan fingerprint density at radius 1 is 1.11 bits per heavy atom. The van der Waals surface area contributed by atoms with Crippen molar-refractivity contribution in [1.82, 2.24) is 14.8 Å². The highest BCUT2D eigenvalue weighted by Gasteiger charge is 2.12. The zero-order valence-corrected chi connectivity index (χ0v) is 16.1. The maximum atomic E-state index is 12.5. The number of anilines is 1. The van der Waals surface area contributed by atoms with Crippen molar-refractivity contribution in [3.05, 3.63) is 79.9 Å². The summed E-state index contributed by atoms with van der Waals surface area (Å²) in [6.07, 6.45) is 8.02. The topological polar surface area (TPSA) is 94.8 Å². The number of allylic oxidation sites excluding steroid dienone is 4. The van der Waals surface area contributed by atoms with Crippen LogP contribution in [0, 0.1) is 5.41 Å². The molecule has 2 heterocycles. The molecule has 8 heteroatoms. The van der Waals surface area contributed by atoms with Crippen LogP contribution in [0.2, 0.25) is 0 Å². The van der Waals surface area contributed by atoms with E-state index in [1.54, 1.807) is 18.2 Å². The Morgan fingerprint density at radius 3 is 2.43 bits per heavy atom. The number of nitrogens with one attached hydrogen (secondary N) is 2. The quantitative estimate of drug-likeness (QED) is 0.656. The third-order valence-electron chi connectivity index (χ3n) is 4.34. The van der Waals surface area contributed by atoms with Crippen molar-refractivity contribution >= 4 is 34.5 Å². The molecule has 0 aromatic heterocycles. The SMILES string of the molecule is CN(C)c1ccc(/C=c2/c(=O)nc3sc(=C4C=CC(=O)C=C4)[nH]n-3c2=N)cc1. The Morgan fingerprint density at radius 2 is 1.79 bits per heavy atom. The molecule has 1 aromatic rings. The summed E-state index contributed by atoms with van der Waals surface area (Å²) < 4.78 is 2.19. The number of carbonyl (C=O) groups excluding carboxylic acids is 1. The van der Waals surface area contributed by atoms with E-state index in [1.807, 2.05) is 43.3 Å². The van der Waals surface area contributed by atoms with Gasteiger partial charge in [-0.1, -0.05) is 23.5 Å². The molecule has 0 amide bonds. The number of benzene rings is 1. The van der Waals surface area contributed by atoms with Crippen molar-refractivity contribution < 1.29 is 4.79 Å². The predicted octanol–water partition coefficient (Wildman–Crippen LogP) is 0.280. The summed E-state index contributed by atoms with van der Waals surface area (Å²) in [5, 5.41) is 12.2. The van der Waals surface area contributed by atoms with Gasteiger partial charge in [0.05, 0.1) is 5.22 Å². The van der Waals surface area contributed by atoms with Gasteiger partial charge in [0.25, 0.3) is 5.56 Å². The molecule has 2 N–H and O–H groups in total. The largest absolute Gasteiger partial charge is 0.378 e. The second kappa shape index (κ2) is 6.90. The van der Waals surface area contributed by atoms with Crippen LogP contribution in [0.15, 0.2) is 53.4 Å². The summed E-state index contributed by atoms with van der Waals surface area (Å²) in [6, 6.07) is 7.70. The Balaban J connectivity index is 1.89. The summed E-state index contributed by atoms with van der Waals surface area (Å²) in [4.78, 5) is 29.9. The number of aromatic amines is 1. The van der Waals surface area contributed by atoms with Crippen LogP contribution in [0.1, 0.15) is 5.56 Å². The third kappa shape index (κ3) is 3.25. The highest BCUT2D eigenvalue weighted by atomic mass is 32.1. The number of H-pyrrole nitrogens is 1. The average molecular weight is 391 g/mol. The number of aromatic nitrogens is 3. The van der Waals surface area contributed by atoms with Crippen LogP contribution in [-0.2, 0) is 4.79 Å². The second-order valence-electron chi connectivity index (χ2n) is 6.49. The molecule has 0 saturated carbocycles. The normalized spacial score (nSPS) is 14.3. The van der Waals surface area contributed by atoms with E-state index in [2.05, 4.69) is 10.1 Å². The molecule has 0 atom stereocenters. The van der Waals surface area contributed by atoms with E-state index >= 15 is 0 Å². The number of nitrogens with zero attached hydrogens (tertiary/aromatic N) is 3. The standard InChI is InChI=1S/C20H17N5O2S/c1-24(2)14-7-3-12(4-8-14)11-16-17(21)25-20(22-18(16)27)28-19(23-25)13-5-9-15(26)10-6-13/h3-11,21,23H,1-2H3/b16-11+,21-17?. The minimum Gasteiger partial charge on any atom is -0.378 e. The van der Waals surface area contributed by atoms with E-state index in [1.165, 1.54) is 28.2 Å². The van der Waals surface area contributed by atoms with Gasteiger partial charge in [0.15, 0.2) is 11.3 Å². The fraction of sp³-hybridized carbons (Fsp3) is 0.100. The van der Waals surface area contributed by atoms with Gasteiger partial charge in [-0.15, -0.1) is 0 Å². The van der Waals surface area contributed by atoms with Crippen LogP contribution in [0.25, 0.3) is 16.8 Å². The summed E-state index contributed by atoms with van der Waals surface area (Å²) >= 11 is 1.26. The van der Waals surface area contributed by atoms with Gasteiger partial charge in [-0.3, -0.25) is 20.1 Å². The zero-order chi connectivity index (χ0) is 19.8. The van der Waals surface area contributed by atoms with Gasteiger partial charge < -0.3 is 4.90 Å². The minimum absolute atomic E-state index is 0.0367. The highest BCUT2D eigenvalue weighted by Crippen LogP contribution is 2.12. The first kappa shape index (κ1) is 17.9. The molecule has 3 aliphatic rings. The Bertz CT molecular complexity index is 1320. The Kier molecular flexibility index (Phi) is 4.40. The lowest BCUT2D eigenvalue weighted by Gasteiger charge is -2.11. The molecule has 28 heavy (non-hydrogen) atoms. The van der Waals surface area contributed by atoms with Gasteiger partial charge in [0.2, 0.25) is 5.13 Å². The molecule has 0 saturated heterocycles. The van der Waals surface area contributed by atoms with Crippen LogP contribution in [0.3, 0.4) is 0 Å². The lowest BCUT2D eigenvalue weighted by atomic mass is 10.1. The van der Waals surface area contributed by atoms with Crippen LogP contribution in [-0.4, -0.2) is 34.6 Å². The molecule has 0 bridgehead atoms. The number of rotatable bonds is 2. The number of ketones is 1. The molecule has 7 nitrogen and oxygen atoms in total. The highest BCUT2D eigenvalue weighted by molar-refractivity contribution is 7.11. The molecule has 0 fully saturated rings. The third-order valence-corrected chi connectivity index (χ3v) is 5.33. The van der Waals surface area contributed by atoms with Crippen molar-refractivity contribution in [3.63, 3.8) is 0 Å². The van der Waals surface area contributed by atoms with E-state index in [0.717, 1.165) is 16.8 Å². The molecule has 4 rings (SSSR count). The van der Waals surface area contributed by atoms with E-state index in [9.17, 15) is 9.59 Å². The first-order valence-corrected chi connectivity index (χ1v) is 9.34. The molecule has 1 aromatic carbocycles. The maximum absolute atomic E-state index is 12.5. The number of hydrogen-bond acceptors (Lipinski definition) is 6. The van der Waals surface area contributed by atoms with Gasteiger partial charge in [-0.2, -0.15) is 4.98 Å². The molecule has 0 unspecified atom stereocenters. The lowest BCUT2D eigenvalue weighted by molar-refractivity contribution is -0.110. The van der Waals surface area contributed by atoms with Gasteiger partial charge in [-0.05, 0) is 48.1 Å². The van der Waals surface area contributed by atoms with Crippen LogP contribution in [0.5, 0.6) is 0 Å². The molecule has 0 radical (unpaired) electrons. The molecular formula is C20H17N5O2S. The molecule has 2 aliphatic heterocycles. The van der Waals surface area contributed by atoms with Gasteiger partial charge in [-0.25, -0.2) is 4.68 Å². The second-order valence-corrected chi connectivity index (χ2v) is 7.47. The monoisotopic (exact) mass is 391 g/mol. The number of hydrogen-bond donors (Lipinski definition) is 2. The first-order chi connectivity index (χ1) is 13.4. The number of carbonyl (C=O) groups is 1. The van der Waals surface area contributed by atoms with Gasteiger partial charge >= 0.3 is 0 Å². The Labute approximate surface area is 163 Å². The molecule has 1 aliphatic carbocycles. The van der Waals surface area contributed by atoms with Crippen molar-refractivity contribution in [1.29, 1.82) is 5.41 Å². The van der Waals surface area contributed by atoms with E-state index in [-0.39, 0.29) is 16.5 Å². The summed E-state index contributed by atoms with van der Waals surface area (Å²) in [5.41, 5.74) is 2.26. The zero-order valence-electron chi connectivity index (χ0n) is 15.3. The minimum atomic E-state index is -0.446. The number of fused-ring (bicyclic) bond motifs is 1. The van der Waals surface area contributed by atoms with Crippen molar-refractivity contribution in [2.24, 2.45) is 0 Å². The predicted molar refractivity (Wildman–Crippen MR) is 109 cm³/mol. The summed E-state index contributed by atoms with van der Waals surface area (Å²) in [7, 11) is 3.92.